The molecule has 1 amide bonds. The van der Waals surface area contributed by atoms with Crippen molar-refractivity contribution < 1.29 is 22.0 Å². The third-order valence-electron chi connectivity index (χ3n) is 5.04. The van der Waals surface area contributed by atoms with Crippen molar-refractivity contribution in [3.05, 3.63) is 29.8 Å². The summed E-state index contributed by atoms with van der Waals surface area (Å²) in [7, 11) is -4.10. The first-order valence-corrected chi connectivity index (χ1v) is 10.1. The van der Waals surface area contributed by atoms with Gasteiger partial charge in [0.1, 0.15) is 16.5 Å². The van der Waals surface area contributed by atoms with Crippen molar-refractivity contribution in [3.63, 3.8) is 0 Å². The van der Waals surface area contributed by atoms with Gasteiger partial charge in [-0.05, 0) is 43.9 Å². The highest BCUT2D eigenvalue weighted by atomic mass is 32.2. The Hall–Kier alpha value is -1.54. The molecule has 0 unspecified atom stereocenters. The van der Waals surface area contributed by atoms with E-state index in [1.54, 1.807) is 0 Å². The van der Waals surface area contributed by atoms with Gasteiger partial charge in [-0.25, -0.2) is 17.2 Å². The van der Waals surface area contributed by atoms with Gasteiger partial charge in [0.15, 0.2) is 0 Å². The normalized spacial score (nSPS) is 20.7. The zero-order valence-electron chi connectivity index (χ0n) is 13.9. The lowest BCUT2D eigenvalue weighted by Gasteiger charge is -2.31. The molecule has 0 radical (unpaired) electrons. The number of carbonyl (C=O) groups is 1. The van der Waals surface area contributed by atoms with Gasteiger partial charge in [0.25, 0.3) is 0 Å². The Morgan fingerprint density at radius 3 is 2.36 bits per heavy atom. The zero-order valence-corrected chi connectivity index (χ0v) is 14.7. The molecule has 5 nitrogen and oxygen atoms in total. The number of carbonyl (C=O) groups excluding carboxylic acids is 1. The number of rotatable bonds is 4. The van der Waals surface area contributed by atoms with E-state index < -0.39 is 26.6 Å². The van der Waals surface area contributed by atoms with Gasteiger partial charge in [-0.2, -0.15) is 4.31 Å². The van der Waals surface area contributed by atoms with E-state index in [0.717, 1.165) is 42.1 Å². The second-order valence-electron chi connectivity index (χ2n) is 6.74. The number of hydrogen-bond acceptors (Lipinski definition) is 3. The van der Waals surface area contributed by atoms with Crippen LogP contribution in [0.25, 0.3) is 0 Å². The summed E-state index contributed by atoms with van der Waals surface area (Å²) < 4.78 is 53.3. The SMILES string of the molecule is O=C(NC1CCCC1)C1CCN(S(=O)(=O)c2cc(F)ccc2F)CC1. The molecule has 1 aromatic rings. The molecule has 1 saturated carbocycles. The van der Waals surface area contributed by atoms with E-state index in [0.29, 0.717) is 18.9 Å². The van der Waals surface area contributed by atoms with Crippen molar-refractivity contribution >= 4 is 15.9 Å². The molecule has 1 aromatic carbocycles. The summed E-state index contributed by atoms with van der Waals surface area (Å²) in [4.78, 5) is 11.6. The van der Waals surface area contributed by atoms with E-state index >= 15 is 0 Å². The van der Waals surface area contributed by atoms with E-state index in [4.69, 9.17) is 0 Å². The molecule has 0 atom stereocenters. The van der Waals surface area contributed by atoms with Crippen molar-refractivity contribution in [1.82, 2.24) is 9.62 Å². The highest BCUT2D eigenvalue weighted by Gasteiger charge is 2.34. The molecule has 0 bridgehead atoms. The molecular weight excluding hydrogens is 350 g/mol. The van der Waals surface area contributed by atoms with Crippen LogP contribution >= 0.6 is 0 Å². The van der Waals surface area contributed by atoms with Crippen LogP contribution in [0.4, 0.5) is 8.78 Å². The predicted octanol–water partition coefficient (Wildman–Crippen LogP) is 2.42. The Kier molecular flexibility index (Phi) is 5.38. The molecule has 0 aromatic heterocycles. The molecule has 0 spiro atoms. The molecule has 1 saturated heterocycles. The Morgan fingerprint density at radius 2 is 1.72 bits per heavy atom. The molecule has 1 aliphatic carbocycles. The molecule has 25 heavy (non-hydrogen) atoms. The third kappa shape index (κ3) is 4.00. The van der Waals surface area contributed by atoms with E-state index in [1.165, 1.54) is 0 Å². The number of amides is 1. The van der Waals surface area contributed by atoms with Crippen LogP contribution in [-0.2, 0) is 14.8 Å². The van der Waals surface area contributed by atoms with E-state index in [1.807, 2.05) is 0 Å². The summed E-state index contributed by atoms with van der Waals surface area (Å²) in [5.41, 5.74) is 0. The Morgan fingerprint density at radius 1 is 1.08 bits per heavy atom. The Labute approximate surface area is 146 Å². The second-order valence-corrected chi connectivity index (χ2v) is 8.65. The highest BCUT2D eigenvalue weighted by molar-refractivity contribution is 7.89. The van der Waals surface area contributed by atoms with Crippen LogP contribution in [0.1, 0.15) is 38.5 Å². The molecular formula is C17H22F2N2O3S. The van der Waals surface area contributed by atoms with Crippen LogP contribution in [0.5, 0.6) is 0 Å². The molecule has 1 aliphatic heterocycles. The first kappa shape index (κ1) is 18.3. The number of sulfonamides is 1. The smallest absolute Gasteiger partial charge is 0.246 e. The van der Waals surface area contributed by atoms with Gasteiger partial charge in [-0.3, -0.25) is 4.79 Å². The summed E-state index contributed by atoms with van der Waals surface area (Å²) >= 11 is 0. The maximum atomic E-state index is 13.8. The van der Waals surface area contributed by atoms with Crippen LogP contribution in [0.3, 0.4) is 0 Å². The molecule has 1 N–H and O–H groups in total. The topological polar surface area (TPSA) is 66.5 Å². The molecule has 3 rings (SSSR count). The highest BCUT2D eigenvalue weighted by Crippen LogP contribution is 2.26. The van der Waals surface area contributed by atoms with Gasteiger partial charge >= 0.3 is 0 Å². The average Bonchev–Trinajstić information content (AvgIpc) is 3.10. The van der Waals surface area contributed by atoms with Gasteiger partial charge in [-0.15, -0.1) is 0 Å². The minimum Gasteiger partial charge on any atom is -0.353 e. The standard InChI is InChI=1S/C17H22F2N2O3S/c18-13-5-6-15(19)16(11-13)25(23,24)21-9-7-12(8-10-21)17(22)20-14-3-1-2-4-14/h5-6,11-12,14H,1-4,7-10H2,(H,20,22). The number of nitrogens with zero attached hydrogens (tertiary/aromatic N) is 1. The van der Waals surface area contributed by atoms with E-state index in [2.05, 4.69) is 5.32 Å². The number of piperidine rings is 1. The van der Waals surface area contributed by atoms with E-state index in [-0.39, 0.29) is 31.0 Å². The molecule has 8 heteroatoms. The van der Waals surface area contributed by atoms with Crippen LogP contribution in [0.2, 0.25) is 0 Å². The zero-order chi connectivity index (χ0) is 18.0. The Bertz CT molecular complexity index is 740. The summed E-state index contributed by atoms with van der Waals surface area (Å²) in [5, 5.41) is 3.03. The van der Waals surface area contributed by atoms with Crippen molar-refractivity contribution in [3.8, 4) is 0 Å². The molecule has 138 valence electrons. The van der Waals surface area contributed by atoms with Crippen LogP contribution < -0.4 is 5.32 Å². The molecule has 1 heterocycles. The van der Waals surface area contributed by atoms with Crippen LogP contribution in [0.15, 0.2) is 23.1 Å². The quantitative estimate of drug-likeness (QED) is 0.883. The fourth-order valence-electron chi connectivity index (χ4n) is 3.56. The van der Waals surface area contributed by atoms with Crippen molar-refractivity contribution in [2.75, 3.05) is 13.1 Å². The van der Waals surface area contributed by atoms with Crippen LogP contribution in [-0.4, -0.2) is 37.8 Å². The fraction of sp³-hybridized carbons (Fsp3) is 0.588. The van der Waals surface area contributed by atoms with Gasteiger partial charge in [0.05, 0.1) is 0 Å². The minimum absolute atomic E-state index is 0.0270. The maximum Gasteiger partial charge on any atom is 0.246 e. The van der Waals surface area contributed by atoms with Gasteiger partial charge in [-0.1, -0.05) is 12.8 Å². The number of halogens is 2. The van der Waals surface area contributed by atoms with Crippen molar-refractivity contribution in [2.24, 2.45) is 5.92 Å². The van der Waals surface area contributed by atoms with Crippen molar-refractivity contribution in [2.45, 2.75) is 49.5 Å². The lowest BCUT2D eigenvalue weighted by molar-refractivity contribution is -0.126. The summed E-state index contributed by atoms with van der Waals surface area (Å²) in [6.45, 7) is 0.252. The van der Waals surface area contributed by atoms with E-state index in [9.17, 15) is 22.0 Å². The third-order valence-corrected chi connectivity index (χ3v) is 6.95. The van der Waals surface area contributed by atoms with Gasteiger partial charge < -0.3 is 5.32 Å². The first-order valence-electron chi connectivity index (χ1n) is 8.63. The largest absolute Gasteiger partial charge is 0.353 e. The summed E-state index contributed by atoms with van der Waals surface area (Å²) in [5.74, 6) is -2.03. The lowest BCUT2D eigenvalue weighted by Crippen LogP contribution is -2.45. The molecule has 2 aliphatic rings. The minimum atomic E-state index is -4.10. The van der Waals surface area contributed by atoms with Gasteiger partial charge in [0, 0.05) is 25.0 Å². The predicted molar refractivity (Wildman–Crippen MR) is 88.2 cm³/mol. The lowest BCUT2D eigenvalue weighted by atomic mass is 9.97. The fourth-order valence-corrected chi connectivity index (χ4v) is 5.11. The van der Waals surface area contributed by atoms with Crippen LogP contribution in [0, 0.1) is 17.6 Å². The van der Waals surface area contributed by atoms with Crippen molar-refractivity contribution in [1.29, 1.82) is 0 Å². The first-order chi connectivity index (χ1) is 11.9. The summed E-state index contributed by atoms with van der Waals surface area (Å²) in [6, 6.07) is 2.62. The average molecular weight is 372 g/mol. The summed E-state index contributed by atoms with van der Waals surface area (Å²) in [6.07, 6.45) is 5.01. The van der Waals surface area contributed by atoms with Gasteiger partial charge in [0.2, 0.25) is 15.9 Å². The number of benzene rings is 1. The second kappa shape index (κ2) is 7.37. The number of hydrogen-bond donors (Lipinski definition) is 1. The maximum absolute atomic E-state index is 13.8. The number of nitrogens with one attached hydrogen (secondary N) is 1. The monoisotopic (exact) mass is 372 g/mol. The Balaban J connectivity index is 1.63. The molecule has 2 fully saturated rings.